The number of nitrogens with one attached hydrogen (secondary N) is 1. The molecule has 1 aliphatic rings. The summed E-state index contributed by atoms with van der Waals surface area (Å²) in [6.07, 6.45) is 0. The molecule has 0 aliphatic carbocycles. The number of carbonyl (C=O) groups excluding carboxylic acids is 2. The second-order valence-corrected chi connectivity index (χ2v) is 6.48. The van der Waals surface area contributed by atoms with Crippen LogP contribution in [0.4, 0.5) is 14.5 Å². The summed E-state index contributed by atoms with van der Waals surface area (Å²) in [7, 11) is 0. The number of rotatable bonds is 4. The molecule has 2 aromatic carbocycles. The number of anilines is 1. The van der Waals surface area contributed by atoms with Gasteiger partial charge in [0.2, 0.25) is 5.91 Å². The van der Waals surface area contributed by atoms with E-state index < -0.39 is 23.6 Å². The van der Waals surface area contributed by atoms with Crippen LogP contribution >= 0.6 is 0 Å². The lowest BCUT2D eigenvalue weighted by Crippen LogP contribution is -2.54. The van der Waals surface area contributed by atoms with Gasteiger partial charge < -0.3 is 10.2 Å². The summed E-state index contributed by atoms with van der Waals surface area (Å²) >= 11 is 0. The largest absolute Gasteiger partial charge is 0.336 e. The van der Waals surface area contributed by atoms with Gasteiger partial charge in [-0.1, -0.05) is 18.2 Å². The van der Waals surface area contributed by atoms with Crippen molar-refractivity contribution in [1.29, 1.82) is 0 Å². The fraction of sp³-hybridized carbons (Fsp3) is 0.300. The van der Waals surface area contributed by atoms with Crippen LogP contribution in [-0.2, 0) is 4.79 Å². The Bertz CT molecular complexity index is 821. The molecule has 0 saturated carbocycles. The first-order valence-electron chi connectivity index (χ1n) is 8.80. The highest BCUT2D eigenvalue weighted by Crippen LogP contribution is 2.17. The van der Waals surface area contributed by atoms with Crippen LogP contribution in [0.15, 0.2) is 48.5 Å². The highest BCUT2D eigenvalue weighted by Gasteiger charge is 2.28. The molecule has 2 aromatic rings. The minimum Gasteiger partial charge on any atom is -0.336 e. The van der Waals surface area contributed by atoms with E-state index in [9.17, 15) is 18.4 Å². The number of benzene rings is 2. The monoisotopic (exact) mass is 373 g/mol. The van der Waals surface area contributed by atoms with Crippen molar-refractivity contribution < 1.29 is 18.4 Å². The molecule has 0 aromatic heterocycles. The van der Waals surface area contributed by atoms with Gasteiger partial charge in [0.15, 0.2) is 0 Å². The zero-order chi connectivity index (χ0) is 19.4. The topological polar surface area (TPSA) is 52.7 Å². The van der Waals surface area contributed by atoms with Crippen LogP contribution in [0.5, 0.6) is 0 Å². The molecule has 1 N–H and O–H groups in total. The van der Waals surface area contributed by atoms with Crippen molar-refractivity contribution in [3.63, 3.8) is 0 Å². The Morgan fingerprint density at radius 3 is 2.33 bits per heavy atom. The fourth-order valence-electron chi connectivity index (χ4n) is 3.07. The zero-order valence-corrected chi connectivity index (χ0v) is 15.0. The minimum absolute atomic E-state index is 0.0332. The third kappa shape index (κ3) is 4.49. The van der Waals surface area contributed by atoms with Gasteiger partial charge in [-0.05, 0) is 31.2 Å². The van der Waals surface area contributed by atoms with Crippen LogP contribution < -0.4 is 5.32 Å². The van der Waals surface area contributed by atoms with Gasteiger partial charge in [0.1, 0.15) is 11.6 Å². The molecular weight excluding hydrogens is 352 g/mol. The quantitative estimate of drug-likeness (QED) is 0.897. The normalized spacial score (nSPS) is 16.0. The summed E-state index contributed by atoms with van der Waals surface area (Å²) in [5.41, 5.74) is 0.461. The number of piperazine rings is 1. The minimum atomic E-state index is -0.685. The number of nitrogens with zero attached hydrogens (tertiary/aromatic N) is 2. The molecule has 142 valence electrons. The van der Waals surface area contributed by atoms with Gasteiger partial charge in [-0.2, -0.15) is 0 Å². The van der Waals surface area contributed by atoms with Crippen molar-refractivity contribution in [2.45, 2.75) is 13.0 Å². The van der Waals surface area contributed by atoms with E-state index in [1.807, 2.05) is 23.1 Å². The maximum atomic E-state index is 13.7. The van der Waals surface area contributed by atoms with Gasteiger partial charge in [0, 0.05) is 37.8 Å². The van der Waals surface area contributed by atoms with Crippen molar-refractivity contribution in [3.8, 4) is 0 Å². The molecule has 1 atom stereocenters. The van der Waals surface area contributed by atoms with Crippen LogP contribution in [0.2, 0.25) is 0 Å². The van der Waals surface area contributed by atoms with Crippen LogP contribution in [0, 0.1) is 11.6 Å². The molecular formula is C20H21F2N3O2. The van der Waals surface area contributed by atoms with Crippen molar-refractivity contribution >= 4 is 17.5 Å². The number of amides is 2. The predicted octanol–water partition coefficient (Wildman–Crippen LogP) is 2.75. The molecule has 3 rings (SSSR count). The molecule has 1 heterocycles. The SMILES string of the molecule is C[C@@H](C(=O)Nc1cc(F)ccc1F)N1CCN(C(=O)c2ccccc2)CC1. The highest BCUT2D eigenvalue weighted by atomic mass is 19.1. The summed E-state index contributed by atoms with van der Waals surface area (Å²) in [5.74, 6) is -1.75. The highest BCUT2D eigenvalue weighted by molar-refractivity contribution is 5.95. The molecule has 5 nitrogen and oxygen atoms in total. The molecule has 0 spiro atoms. The molecule has 1 saturated heterocycles. The van der Waals surface area contributed by atoms with Gasteiger partial charge in [-0.3, -0.25) is 14.5 Å². The molecule has 1 fully saturated rings. The first-order valence-corrected chi connectivity index (χ1v) is 8.80. The van der Waals surface area contributed by atoms with E-state index in [0.717, 1.165) is 18.2 Å². The Balaban J connectivity index is 1.56. The number of hydrogen-bond donors (Lipinski definition) is 1. The lowest BCUT2D eigenvalue weighted by molar-refractivity contribution is -0.121. The lowest BCUT2D eigenvalue weighted by Gasteiger charge is -2.37. The second-order valence-electron chi connectivity index (χ2n) is 6.48. The molecule has 27 heavy (non-hydrogen) atoms. The van der Waals surface area contributed by atoms with Gasteiger partial charge in [0.05, 0.1) is 11.7 Å². The molecule has 0 bridgehead atoms. The Labute approximate surface area is 156 Å². The van der Waals surface area contributed by atoms with E-state index in [0.29, 0.717) is 31.7 Å². The number of carbonyl (C=O) groups is 2. The smallest absolute Gasteiger partial charge is 0.253 e. The fourth-order valence-corrected chi connectivity index (χ4v) is 3.07. The molecule has 0 radical (unpaired) electrons. The summed E-state index contributed by atoms with van der Waals surface area (Å²) in [6, 6.07) is 11.5. The van der Waals surface area contributed by atoms with Gasteiger partial charge >= 0.3 is 0 Å². The molecule has 0 unspecified atom stereocenters. The third-order valence-electron chi connectivity index (χ3n) is 4.74. The average molecular weight is 373 g/mol. The zero-order valence-electron chi connectivity index (χ0n) is 15.0. The van der Waals surface area contributed by atoms with Gasteiger partial charge in [0.25, 0.3) is 5.91 Å². The van der Waals surface area contributed by atoms with Crippen LogP contribution in [-0.4, -0.2) is 53.8 Å². The summed E-state index contributed by atoms with van der Waals surface area (Å²) < 4.78 is 26.9. The van der Waals surface area contributed by atoms with E-state index in [4.69, 9.17) is 0 Å². The first-order chi connectivity index (χ1) is 13.0. The Kier molecular flexibility index (Phi) is 5.81. The maximum Gasteiger partial charge on any atom is 0.253 e. The number of hydrogen-bond acceptors (Lipinski definition) is 3. The standard InChI is InChI=1S/C20H21F2N3O2/c1-14(19(26)23-18-13-16(21)7-8-17(18)22)24-9-11-25(12-10-24)20(27)15-5-3-2-4-6-15/h2-8,13-14H,9-12H2,1H3,(H,23,26)/t14-/m0/s1. The van der Waals surface area contributed by atoms with E-state index in [-0.39, 0.29) is 11.6 Å². The van der Waals surface area contributed by atoms with E-state index in [1.54, 1.807) is 24.0 Å². The Hall–Kier alpha value is -2.80. The maximum absolute atomic E-state index is 13.7. The van der Waals surface area contributed by atoms with Crippen molar-refractivity contribution in [2.24, 2.45) is 0 Å². The third-order valence-corrected chi connectivity index (χ3v) is 4.74. The van der Waals surface area contributed by atoms with Crippen molar-refractivity contribution in [3.05, 3.63) is 65.7 Å². The van der Waals surface area contributed by atoms with Crippen LogP contribution in [0.3, 0.4) is 0 Å². The lowest BCUT2D eigenvalue weighted by atomic mass is 10.1. The summed E-state index contributed by atoms with van der Waals surface area (Å²) in [5, 5.41) is 2.43. The van der Waals surface area contributed by atoms with E-state index >= 15 is 0 Å². The molecule has 7 heteroatoms. The average Bonchev–Trinajstić information content (AvgIpc) is 2.70. The van der Waals surface area contributed by atoms with E-state index in [1.165, 1.54) is 0 Å². The Morgan fingerprint density at radius 2 is 1.67 bits per heavy atom. The van der Waals surface area contributed by atoms with Crippen molar-refractivity contribution in [1.82, 2.24) is 9.80 Å². The Morgan fingerprint density at radius 1 is 1.00 bits per heavy atom. The number of halogens is 2. The van der Waals surface area contributed by atoms with Gasteiger partial charge in [-0.15, -0.1) is 0 Å². The first kappa shape index (κ1) is 19.0. The van der Waals surface area contributed by atoms with Crippen LogP contribution in [0.25, 0.3) is 0 Å². The predicted molar refractivity (Wildman–Crippen MR) is 98.4 cm³/mol. The second kappa shape index (κ2) is 8.26. The molecule has 1 aliphatic heterocycles. The summed E-state index contributed by atoms with van der Waals surface area (Å²) in [6.45, 7) is 3.76. The van der Waals surface area contributed by atoms with Crippen LogP contribution in [0.1, 0.15) is 17.3 Å². The van der Waals surface area contributed by atoms with E-state index in [2.05, 4.69) is 5.32 Å². The molecule has 2 amide bonds. The van der Waals surface area contributed by atoms with Crippen molar-refractivity contribution in [2.75, 3.05) is 31.5 Å². The van der Waals surface area contributed by atoms with Gasteiger partial charge in [-0.25, -0.2) is 8.78 Å². The summed E-state index contributed by atoms with van der Waals surface area (Å²) in [4.78, 5) is 28.5.